The predicted molar refractivity (Wildman–Crippen MR) is 113 cm³/mol. The van der Waals surface area contributed by atoms with Crippen LogP contribution < -0.4 is 10.0 Å². The number of sulfonamides is 1. The molecule has 28 heavy (non-hydrogen) atoms. The Kier molecular flexibility index (Phi) is 5.93. The van der Waals surface area contributed by atoms with Gasteiger partial charge in [0, 0.05) is 16.4 Å². The molecule has 0 unspecified atom stereocenters. The van der Waals surface area contributed by atoms with E-state index in [-0.39, 0.29) is 15.5 Å². The zero-order chi connectivity index (χ0) is 20.3. The van der Waals surface area contributed by atoms with Crippen LogP contribution in [0.5, 0.6) is 0 Å². The minimum atomic E-state index is -3.89. The molecule has 2 N–H and O–H groups in total. The van der Waals surface area contributed by atoms with Gasteiger partial charge in [-0.2, -0.15) is 0 Å². The fraction of sp³-hybridized carbons (Fsp3) is 0.0500. The molecule has 3 aromatic rings. The molecule has 0 heterocycles. The highest BCUT2D eigenvalue weighted by Gasteiger charge is 2.19. The summed E-state index contributed by atoms with van der Waals surface area (Å²) in [6.45, 7) is 1.86. The monoisotopic (exact) mass is 434 g/mol. The van der Waals surface area contributed by atoms with Crippen LogP contribution in [0.2, 0.25) is 10.0 Å². The van der Waals surface area contributed by atoms with Crippen molar-refractivity contribution in [1.82, 2.24) is 0 Å². The number of rotatable bonds is 5. The lowest BCUT2D eigenvalue weighted by molar-refractivity contribution is 0.102. The molecule has 3 aromatic carbocycles. The minimum Gasteiger partial charge on any atom is -0.322 e. The maximum absolute atomic E-state index is 12.7. The molecule has 3 rings (SSSR count). The van der Waals surface area contributed by atoms with Crippen molar-refractivity contribution in [3.63, 3.8) is 0 Å². The topological polar surface area (TPSA) is 75.3 Å². The van der Waals surface area contributed by atoms with Crippen molar-refractivity contribution >= 4 is 50.5 Å². The Labute approximate surface area is 173 Å². The van der Waals surface area contributed by atoms with Crippen LogP contribution in [0.15, 0.2) is 71.6 Å². The van der Waals surface area contributed by atoms with E-state index in [9.17, 15) is 13.2 Å². The van der Waals surface area contributed by atoms with Gasteiger partial charge in [0.25, 0.3) is 15.9 Å². The quantitative estimate of drug-likeness (QED) is 0.567. The summed E-state index contributed by atoms with van der Waals surface area (Å²) in [4.78, 5) is 12.5. The summed E-state index contributed by atoms with van der Waals surface area (Å²) in [7, 11) is -3.89. The fourth-order valence-corrected chi connectivity index (χ4v) is 3.90. The molecule has 1 amide bonds. The molecule has 0 bridgehead atoms. The van der Waals surface area contributed by atoms with Crippen molar-refractivity contribution in [2.75, 3.05) is 10.0 Å². The molecule has 0 aliphatic carbocycles. The van der Waals surface area contributed by atoms with Gasteiger partial charge in [-0.1, -0.05) is 35.3 Å². The highest BCUT2D eigenvalue weighted by Crippen LogP contribution is 2.24. The Hall–Kier alpha value is -2.54. The van der Waals surface area contributed by atoms with Crippen LogP contribution in [0.3, 0.4) is 0 Å². The van der Waals surface area contributed by atoms with Gasteiger partial charge >= 0.3 is 0 Å². The molecular weight excluding hydrogens is 419 g/mol. The van der Waals surface area contributed by atoms with Gasteiger partial charge < -0.3 is 5.32 Å². The molecule has 0 saturated heterocycles. The van der Waals surface area contributed by atoms with Crippen molar-refractivity contribution in [3.8, 4) is 0 Å². The number of anilines is 2. The number of carbonyl (C=O) groups excluding carboxylic acids is 1. The first kappa shape index (κ1) is 20.2. The van der Waals surface area contributed by atoms with Crippen molar-refractivity contribution in [2.24, 2.45) is 0 Å². The Morgan fingerprint density at radius 2 is 1.61 bits per heavy atom. The molecule has 0 spiro atoms. The first-order valence-corrected chi connectivity index (χ1v) is 10.4. The molecule has 0 aliphatic heterocycles. The third-order valence-electron chi connectivity index (χ3n) is 3.87. The van der Waals surface area contributed by atoms with Crippen LogP contribution in [0.1, 0.15) is 15.9 Å². The lowest BCUT2D eigenvalue weighted by Crippen LogP contribution is -2.16. The van der Waals surface area contributed by atoms with Crippen molar-refractivity contribution in [3.05, 3.63) is 87.9 Å². The van der Waals surface area contributed by atoms with E-state index in [2.05, 4.69) is 10.0 Å². The molecule has 0 saturated carbocycles. The second-order valence-electron chi connectivity index (χ2n) is 6.08. The van der Waals surface area contributed by atoms with Gasteiger partial charge in [-0.3, -0.25) is 9.52 Å². The third-order valence-corrected chi connectivity index (χ3v) is 5.83. The predicted octanol–water partition coefficient (Wildman–Crippen LogP) is 5.35. The second-order valence-corrected chi connectivity index (χ2v) is 8.60. The summed E-state index contributed by atoms with van der Waals surface area (Å²) in [6.07, 6.45) is 0. The summed E-state index contributed by atoms with van der Waals surface area (Å²) in [5, 5.41) is 3.34. The Bertz CT molecular complexity index is 1130. The van der Waals surface area contributed by atoms with E-state index in [0.29, 0.717) is 16.4 Å². The number of hydrogen-bond donors (Lipinski definition) is 2. The molecule has 0 aromatic heterocycles. The summed E-state index contributed by atoms with van der Waals surface area (Å²) < 4.78 is 27.9. The number of halogens is 2. The minimum absolute atomic E-state index is 0.0451. The van der Waals surface area contributed by atoms with E-state index < -0.39 is 15.9 Å². The number of amides is 1. The van der Waals surface area contributed by atoms with Crippen LogP contribution in [-0.2, 0) is 10.0 Å². The van der Waals surface area contributed by atoms with E-state index in [1.165, 1.54) is 18.2 Å². The van der Waals surface area contributed by atoms with Crippen LogP contribution in [0.25, 0.3) is 0 Å². The molecule has 0 atom stereocenters. The molecule has 5 nitrogen and oxygen atoms in total. The summed E-state index contributed by atoms with van der Waals surface area (Å²) in [5.41, 5.74) is 1.90. The number of hydrogen-bond acceptors (Lipinski definition) is 3. The maximum Gasteiger partial charge on any atom is 0.261 e. The van der Waals surface area contributed by atoms with Crippen molar-refractivity contribution in [2.45, 2.75) is 11.8 Å². The molecule has 0 radical (unpaired) electrons. The maximum atomic E-state index is 12.7. The fourth-order valence-electron chi connectivity index (χ4n) is 2.50. The van der Waals surface area contributed by atoms with E-state index in [1.54, 1.807) is 42.5 Å². The highest BCUT2D eigenvalue weighted by atomic mass is 35.5. The summed E-state index contributed by atoms with van der Waals surface area (Å²) in [6, 6.07) is 17.5. The van der Waals surface area contributed by atoms with Crippen LogP contribution in [0, 0.1) is 6.92 Å². The summed E-state index contributed by atoms with van der Waals surface area (Å²) >= 11 is 11.9. The Morgan fingerprint density at radius 3 is 2.29 bits per heavy atom. The largest absolute Gasteiger partial charge is 0.322 e. The van der Waals surface area contributed by atoms with E-state index in [1.807, 2.05) is 13.0 Å². The Morgan fingerprint density at radius 1 is 0.893 bits per heavy atom. The van der Waals surface area contributed by atoms with Crippen LogP contribution in [0.4, 0.5) is 11.4 Å². The average molecular weight is 435 g/mol. The molecule has 144 valence electrons. The molecule has 8 heteroatoms. The lowest BCUT2D eigenvalue weighted by atomic mass is 10.2. The van der Waals surface area contributed by atoms with Crippen LogP contribution in [-0.4, -0.2) is 14.3 Å². The van der Waals surface area contributed by atoms with Gasteiger partial charge in [-0.25, -0.2) is 8.42 Å². The van der Waals surface area contributed by atoms with Gasteiger partial charge in [0.15, 0.2) is 0 Å². The van der Waals surface area contributed by atoms with Crippen LogP contribution >= 0.6 is 23.2 Å². The van der Waals surface area contributed by atoms with Gasteiger partial charge in [-0.15, -0.1) is 0 Å². The number of nitrogens with one attached hydrogen (secondary N) is 2. The highest BCUT2D eigenvalue weighted by molar-refractivity contribution is 7.92. The number of aryl methyl sites for hydroxylation is 1. The van der Waals surface area contributed by atoms with E-state index >= 15 is 0 Å². The number of benzene rings is 3. The normalized spacial score (nSPS) is 11.1. The van der Waals surface area contributed by atoms with E-state index in [0.717, 1.165) is 5.56 Å². The first-order valence-electron chi connectivity index (χ1n) is 8.20. The van der Waals surface area contributed by atoms with Crippen molar-refractivity contribution in [1.29, 1.82) is 0 Å². The van der Waals surface area contributed by atoms with Gasteiger partial charge in [0.05, 0.1) is 15.5 Å². The first-order chi connectivity index (χ1) is 13.2. The van der Waals surface area contributed by atoms with Gasteiger partial charge in [-0.05, 0) is 67.1 Å². The zero-order valence-corrected chi connectivity index (χ0v) is 17.1. The van der Waals surface area contributed by atoms with E-state index in [4.69, 9.17) is 23.2 Å². The molecule has 0 aliphatic rings. The average Bonchev–Trinajstić information content (AvgIpc) is 2.63. The smallest absolute Gasteiger partial charge is 0.261 e. The zero-order valence-electron chi connectivity index (χ0n) is 14.7. The molecular formula is C20H16Cl2N2O3S. The second kappa shape index (κ2) is 8.22. The standard InChI is InChI=1S/C20H16Cl2N2O3S/c1-13-3-2-4-16(11-13)24-28(26,27)17-9-10-19(22)18(12-17)20(25)23-15-7-5-14(21)6-8-15/h2-12,24H,1H3,(H,23,25). The Balaban J connectivity index is 1.87. The van der Waals surface area contributed by atoms with Gasteiger partial charge in [0.2, 0.25) is 0 Å². The SMILES string of the molecule is Cc1cccc(NS(=O)(=O)c2ccc(Cl)c(C(=O)Nc3ccc(Cl)cc3)c2)c1. The number of carbonyl (C=O) groups is 1. The lowest BCUT2D eigenvalue weighted by Gasteiger charge is -2.11. The van der Waals surface area contributed by atoms with Gasteiger partial charge in [0.1, 0.15) is 0 Å². The summed E-state index contributed by atoms with van der Waals surface area (Å²) in [5.74, 6) is -0.528. The van der Waals surface area contributed by atoms with Crippen molar-refractivity contribution < 1.29 is 13.2 Å². The third kappa shape index (κ3) is 4.84. The molecule has 0 fully saturated rings.